The van der Waals surface area contributed by atoms with Gasteiger partial charge in [-0.15, -0.1) is 0 Å². The number of anilines is 1. The molecule has 3 rings (SSSR count). The fourth-order valence-electron chi connectivity index (χ4n) is 2.33. The molecule has 0 spiro atoms. The molecule has 3 N–H and O–H groups in total. The fourth-order valence-corrected chi connectivity index (χ4v) is 2.33. The van der Waals surface area contributed by atoms with E-state index in [0.717, 1.165) is 11.8 Å². The topological polar surface area (TPSA) is 89.8 Å². The molecule has 0 bridgehead atoms. The number of hydrogen-bond donors (Lipinski definition) is 3. The molecule has 0 saturated heterocycles. The van der Waals surface area contributed by atoms with Crippen LogP contribution in [-0.2, 0) is 0 Å². The smallest absolute Gasteiger partial charge is 0.280 e. The molecule has 27 heavy (non-hydrogen) atoms. The van der Waals surface area contributed by atoms with E-state index in [4.69, 9.17) is 5.41 Å². The predicted octanol–water partition coefficient (Wildman–Crippen LogP) is 4.07. The van der Waals surface area contributed by atoms with Gasteiger partial charge in [0.1, 0.15) is 11.4 Å². The molecular formula is C18H15F3N6. The Kier molecular flexibility index (Phi) is 5.30. The number of rotatable bonds is 4. The summed E-state index contributed by atoms with van der Waals surface area (Å²) in [6.45, 7) is 1.81. The van der Waals surface area contributed by atoms with Gasteiger partial charge in [0, 0.05) is 12.4 Å². The average Bonchev–Trinajstić information content (AvgIpc) is 3.09. The summed E-state index contributed by atoms with van der Waals surface area (Å²) in [5.41, 5.74) is 0.975. The molecule has 0 fully saturated rings. The van der Waals surface area contributed by atoms with E-state index < -0.39 is 17.9 Å². The van der Waals surface area contributed by atoms with Gasteiger partial charge in [-0.25, -0.2) is 23.1 Å². The van der Waals surface area contributed by atoms with Crippen molar-refractivity contribution in [3.8, 4) is 0 Å². The molecule has 0 radical (unpaired) electrons. The van der Waals surface area contributed by atoms with Crippen molar-refractivity contribution in [2.24, 2.45) is 4.99 Å². The number of halogens is 3. The van der Waals surface area contributed by atoms with Crippen molar-refractivity contribution in [2.45, 2.75) is 13.3 Å². The van der Waals surface area contributed by atoms with Gasteiger partial charge in [0.2, 0.25) is 0 Å². The Morgan fingerprint density at radius 1 is 1.26 bits per heavy atom. The quantitative estimate of drug-likeness (QED) is 0.476. The Labute approximate surface area is 152 Å². The number of hydrogen-bond acceptors (Lipinski definition) is 3. The highest BCUT2D eigenvalue weighted by atomic mass is 19.3. The summed E-state index contributed by atoms with van der Waals surface area (Å²) in [5, 5.41) is 11.0. The van der Waals surface area contributed by atoms with E-state index in [1.165, 1.54) is 30.5 Å². The SMILES string of the molecule is Cc1cc[nH]c1/C(=N\C(=N)c1cccc(C(F)F)n1)Nc1ccncc1F. The molecule has 138 valence electrons. The van der Waals surface area contributed by atoms with Crippen LogP contribution in [0.1, 0.15) is 29.1 Å². The Morgan fingerprint density at radius 2 is 2.07 bits per heavy atom. The van der Waals surface area contributed by atoms with E-state index in [9.17, 15) is 13.2 Å². The number of pyridine rings is 2. The molecule has 0 aliphatic carbocycles. The number of aromatic nitrogens is 3. The van der Waals surface area contributed by atoms with Crippen molar-refractivity contribution in [3.63, 3.8) is 0 Å². The van der Waals surface area contributed by atoms with Gasteiger partial charge in [0.15, 0.2) is 17.5 Å². The summed E-state index contributed by atoms with van der Waals surface area (Å²) in [5.74, 6) is -0.793. The summed E-state index contributed by atoms with van der Waals surface area (Å²) in [7, 11) is 0. The third kappa shape index (κ3) is 4.20. The van der Waals surface area contributed by atoms with Crippen molar-refractivity contribution in [1.82, 2.24) is 15.0 Å². The van der Waals surface area contributed by atoms with Crippen LogP contribution >= 0.6 is 0 Å². The van der Waals surface area contributed by atoms with Crippen molar-refractivity contribution in [2.75, 3.05) is 5.32 Å². The lowest BCUT2D eigenvalue weighted by molar-refractivity contribution is 0.146. The van der Waals surface area contributed by atoms with Crippen LogP contribution in [0.25, 0.3) is 0 Å². The zero-order valence-electron chi connectivity index (χ0n) is 14.2. The van der Waals surface area contributed by atoms with Gasteiger partial charge in [0.05, 0.1) is 17.6 Å². The molecule has 0 aliphatic heterocycles. The number of nitrogens with one attached hydrogen (secondary N) is 3. The number of aliphatic imine (C=N–C) groups is 1. The number of aryl methyl sites for hydroxylation is 1. The summed E-state index contributed by atoms with van der Waals surface area (Å²) < 4.78 is 39.6. The molecule has 9 heteroatoms. The molecule has 0 aliphatic rings. The summed E-state index contributed by atoms with van der Waals surface area (Å²) in [6, 6.07) is 7.16. The molecule has 3 aromatic rings. The van der Waals surface area contributed by atoms with Crippen LogP contribution in [0.5, 0.6) is 0 Å². The molecule has 0 saturated carbocycles. The minimum Gasteiger partial charge on any atom is -0.358 e. The van der Waals surface area contributed by atoms with Gasteiger partial charge >= 0.3 is 0 Å². The molecule has 0 atom stereocenters. The molecule has 0 amide bonds. The zero-order chi connectivity index (χ0) is 19.4. The summed E-state index contributed by atoms with van der Waals surface area (Å²) >= 11 is 0. The molecule has 3 aromatic heterocycles. The Balaban J connectivity index is 2.00. The second-order valence-corrected chi connectivity index (χ2v) is 5.57. The van der Waals surface area contributed by atoms with E-state index in [1.54, 1.807) is 12.3 Å². The van der Waals surface area contributed by atoms with Gasteiger partial charge < -0.3 is 10.3 Å². The first kappa shape index (κ1) is 18.3. The van der Waals surface area contributed by atoms with Crippen LogP contribution in [0.3, 0.4) is 0 Å². The van der Waals surface area contributed by atoms with Crippen LogP contribution in [0, 0.1) is 18.2 Å². The van der Waals surface area contributed by atoms with Crippen LogP contribution in [-0.4, -0.2) is 26.6 Å². The number of H-pyrrole nitrogens is 1. The lowest BCUT2D eigenvalue weighted by Crippen LogP contribution is -2.19. The van der Waals surface area contributed by atoms with Gasteiger partial charge in [0.25, 0.3) is 6.43 Å². The third-order valence-electron chi connectivity index (χ3n) is 3.68. The van der Waals surface area contributed by atoms with Gasteiger partial charge in [-0.3, -0.25) is 10.4 Å². The van der Waals surface area contributed by atoms with Crippen LogP contribution in [0.4, 0.5) is 18.9 Å². The van der Waals surface area contributed by atoms with E-state index in [0.29, 0.717) is 5.69 Å². The Hall–Kier alpha value is -3.49. The largest absolute Gasteiger partial charge is 0.358 e. The van der Waals surface area contributed by atoms with Gasteiger partial charge in [-0.2, -0.15) is 0 Å². The van der Waals surface area contributed by atoms with Gasteiger partial charge in [-0.05, 0) is 36.8 Å². The monoisotopic (exact) mass is 372 g/mol. The Morgan fingerprint density at radius 3 is 2.74 bits per heavy atom. The molecule has 3 heterocycles. The van der Waals surface area contributed by atoms with Crippen molar-refractivity contribution >= 4 is 17.4 Å². The minimum absolute atomic E-state index is 0.0218. The van der Waals surface area contributed by atoms with Crippen molar-refractivity contribution in [3.05, 3.63) is 77.4 Å². The highest BCUT2D eigenvalue weighted by Gasteiger charge is 2.15. The standard InChI is InChI=1S/C18H15F3N6/c1-10-5-8-24-15(10)18(26-12-6-7-23-9-11(12)19)27-17(22)14-4-2-3-13(25-14)16(20)21/h2-9,16,24H,1H3,(H2,22,23,26,27). The number of nitrogens with zero attached hydrogens (tertiary/aromatic N) is 3. The minimum atomic E-state index is -2.75. The molecular weight excluding hydrogens is 357 g/mol. The number of aromatic amines is 1. The van der Waals surface area contributed by atoms with E-state index in [-0.39, 0.29) is 23.1 Å². The first-order valence-corrected chi connectivity index (χ1v) is 7.89. The first-order chi connectivity index (χ1) is 13.0. The maximum absolute atomic E-state index is 14.0. The third-order valence-corrected chi connectivity index (χ3v) is 3.68. The number of alkyl halides is 2. The molecule has 6 nitrogen and oxygen atoms in total. The van der Waals surface area contributed by atoms with E-state index in [2.05, 4.69) is 25.3 Å². The lowest BCUT2D eigenvalue weighted by atomic mass is 10.2. The van der Waals surface area contributed by atoms with Crippen molar-refractivity contribution in [1.29, 1.82) is 5.41 Å². The summed E-state index contributed by atoms with van der Waals surface area (Å²) in [4.78, 5) is 14.5. The van der Waals surface area contributed by atoms with E-state index in [1.807, 2.05) is 6.92 Å². The van der Waals surface area contributed by atoms with Gasteiger partial charge in [-0.1, -0.05) is 6.07 Å². The first-order valence-electron chi connectivity index (χ1n) is 7.89. The molecule has 0 unspecified atom stereocenters. The molecule has 0 aromatic carbocycles. The second-order valence-electron chi connectivity index (χ2n) is 5.57. The van der Waals surface area contributed by atoms with Crippen LogP contribution < -0.4 is 5.32 Å². The maximum atomic E-state index is 14.0. The maximum Gasteiger partial charge on any atom is 0.280 e. The fraction of sp³-hybridized carbons (Fsp3) is 0.111. The highest BCUT2D eigenvalue weighted by molar-refractivity contribution is 6.15. The predicted molar refractivity (Wildman–Crippen MR) is 95.9 cm³/mol. The highest BCUT2D eigenvalue weighted by Crippen LogP contribution is 2.18. The summed E-state index contributed by atoms with van der Waals surface area (Å²) in [6.07, 6.45) is 1.37. The average molecular weight is 372 g/mol. The van der Waals surface area contributed by atoms with Crippen LogP contribution in [0.15, 0.2) is 53.9 Å². The van der Waals surface area contributed by atoms with Crippen molar-refractivity contribution < 1.29 is 13.2 Å². The second kappa shape index (κ2) is 7.81. The normalized spacial score (nSPS) is 11.7. The van der Waals surface area contributed by atoms with Crippen LogP contribution in [0.2, 0.25) is 0 Å². The lowest BCUT2D eigenvalue weighted by Gasteiger charge is -2.11. The zero-order valence-corrected chi connectivity index (χ0v) is 14.2. The van der Waals surface area contributed by atoms with E-state index >= 15 is 0 Å². The number of amidine groups is 2. The Bertz CT molecular complexity index is 996.